The van der Waals surface area contributed by atoms with Crippen molar-refractivity contribution in [3.63, 3.8) is 0 Å². The molecule has 0 radical (unpaired) electrons. The number of benzene rings is 4. The highest BCUT2D eigenvalue weighted by molar-refractivity contribution is 6.12. The minimum atomic E-state index is 0.752. The number of fused-ring (bicyclic) bond motifs is 2. The van der Waals surface area contributed by atoms with Gasteiger partial charge in [-0.2, -0.15) is 0 Å². The summed E-state index contributed by atoms with van der Waals surface area (Å²) in [6.45, 7) is 0. The Balaban J connectivity index is 2.21. The van der Waals surface area contributed by atoms with Gasteiger partial charge in [-0.1, -0.05) is 60.7 Å². The zero-order valence-electron chi connectivity index (χ0n) is 12.1. The minimum absolute atomic E-state index is 0.752. The molecule has 0 aliphatic heterocycles. The Morgan fingerprint density at radius 2 is 0.864 bits per heavy atom. The van der Waals surface area contributed by atoms with E-state index in [9.17, 15) is 0 Å². The Bertz CT molecular complexity index is 920. The first kappa shape index (κ1) is 12.7. The van der Waals surface area contributed by atoms with Gasteiger partial charge in [-0.3, -0.25) is 0 Å². The summed E-state index contributed by atoms with van der Waals surface area (Å²) in [6, 6.07) is 24.6. The molecule has 4 aromatic carbocycles. The molecule has 0 aliphatic rings. The Morgan fingerprint density at radius 3 is 1.32 bits per heavy atom. The average molecular weight is 284 g/mol. The molecule has 0 aromatic heterocycles. The standard InChI is InChI=1S/C20H16N2/c21-17-11-9-13-5-1-3-7-15(13)19(17)20-16-8-4-2-6-14(16)10-12-18(20)22/h1-12H,21-22H2. The SMILES string of the molecule is Nc1ccc2ccccc2c1-c1c(N)ccc2ccccc12. The highest BCUT2D eigenvalue weighted by Crippen LogP contribution is 2.41. The van der Waals surface area contributed by atoms with Crippen LogP contribution >= 0.6 is 0 Å². The predicted molar refractivity (Wildman–Crippen MR) is 95.7 cm³/mol. The van der Waals surface area contributed by atoms with Crippen molar-refractivity contribution in [2.75, 3.05) is 11.5 Å². The Morgan fingerprint density at radius 1 is 0.455 bits per heavy atom. The van der Waals surface area contributed by atoms with E-state index in [4.69, 9.17) is 11.5 Å². The van der Waals surface area contributed by atoms with E-state index < -0.39 is 0 Å². The third-order valence-electron chi connectivity index (χ3n) is 4.17. The quantitative estimate of drug-likeness (QED) is 0.492. The van der Waals surface area contributed by atoms with Crippen molar-refractivity contribution in [3.05, 3.63) is 72.8 Å². The monoisotopic (exact) mass is 284 g/mol. The number of rotatable bonds is 1. The van der Waals surface area contributed by atoms with Crippen molar-refractivity contribution in [2.24, 2.45) is 0 Å². The molecule has 0 fully saturated rings. The summed E-state index contributed by atoms with van der Waals surface area (Å²) < 4.78 is 0. The maximum absolute atomic E-state index is 6.32. The number of anilines is 2. The molecule has 0 spiro atoms. The molecule has 0 saturated heterocycles. The Hall–Kier alpha value is -3.00. The van der Waals surface area contributed by atoms with Crippen LogP contribution in [0.1, 0.15) is 0 Å². The molecule has 2 heteroatoms. The average Bonchev–Trinajstić information content (AvgIpc) is 2.56. The van der Waals surface area contributed by atoms with Gasteiger partial charge in [0.2, 0.25) is 0 Å². The van der Waals surface area contributed by atoms with Gasteiger partial charge in [0.1, 0.15) is 0 Å². The lowest BCUT2D eigenvalue weighted by atomic mass is 9.91. The zero-order chi connectivity index (χ0) is 15.1. The van der Waals surface area contributed by atoms with Gasteiger partial charge in [0.25, 0.3) is 0 Å². The second kappa shape index (κ2) is 4.78. The van der Waals surface area contributed by atoms with Gasteiger partial charge < -0.3 is 11.5 Å². The summed E-state index contributed by atoms with van der Waals surface area (Å²) in [5.74, 6) is 0. The van der Waals surface area contributed by atoms with Crippen molar-refractivity contribution in [3.8, 4) is 11.1 Å². The minimum Gasteiger partial charge on any atom is -0.398 e. The molecule has 4 N–H and O–H groups in total. The van der Waals surface area contributed by atoms with E-state index in [1.165, 1.54) is 10.8 Å². The van der Waals surface area contributed by atoms with Crippen molar-refractivity contribution >= 4 is 32.9 Å². The van der Waals surface area contributed by atoms with E-state index in [1.807, 2.05) is 36.4 Å². The fourth-order valence-corrected chi connectivity index (χ4v) is 3.13. The fraction of sp³-hybridized carbons (Fsp3) is 0. The fourth-order valence-electron chi connectivity index (χ4n) is 3.13. The second-order valence-corrected chi connectivity index (χ2v) is 5.50. The molecule has 0 unspecified atom stereocenters. The maximum atomic E-state index is 6.32. The molecular formula is C20H16N2. The van der Waals surface area contributed by atoms with Crippen LogP contribution in [-0.2, 0) is 0 Å². The lowest BCUT2D eigenvalue weighted by Gasteiger charge is -2.15. The summed E-state index contributed by atoms with van der Waals surface area (Å²) in [5.41, 5.74) is 16.2. The van der Waals surface area contributed by atoms with E-state index in [0.717, 1.165) is 33.3 Å². The van der Waals surface area contributed by atoms with Crippen LogP contribution in [0.2, 0.25) is 0 Å². The van der Waals surface area contributed by atoms with Gasteiger partial charge in [0.15, 0.2) is 0 Å². The first-order valence-corrected chi connectivity index (χ1v) is 7.30. The first-order valence-electron chi connectivity index (χ1n) is 7.30. The summed E-state index contributed by atoms with van der Waals surface area (Å²) >= 11 is 0. The van der Waals surface area contributed by atoms with E-state index in [-0.39, 0.29) is 0 Å². The van der Waals surface area contributed by atoms with Crippen molar-refractivity contribution < 1.29 is 0 Å². The highest BCUT2D eigenvalue weighted by atomic mass is 14.6. The highest BCUT2D eigenvalue weighted by Gasteiger charge is 2.13. The van der Waals surface area contributed by atoms with Crippen LogP contribution in [0.5, 0.6) is 0 Å². The van der Waals surface area contributed by atoms with Gasteiger partial charge in [0.05, 0.1) is 0 Å². The molecule has 4 aromatic rings. The molecule has 0 bridgehead atoms. The third-order valence-corrected chi connectivity index (χ3v) is 4.17. The molecule has 106 valence electrons. The normalized spacial score (nSPS) is 11.1. The van der Waals surface area contributed by atoms with Crippen molar-refractivity contribution in [1.82, 2.24) is 0 Å². The Kier molecular flexibility index (Phi) is 2.76. The van der Waals surface area contributed by atoms with Gasteiger partial charge in [-0.15, -0.1) is 0 Å². The molecule has 0 atom stereocenters. The molecule has 2 nitrogen and oxygen atoms in total. The number of hydrogen-bond acceptors (Lipinski definition) is 2. The number of nitrogens with two attached hydrogens (primary N) is 2. The number of nitrogen functional groups attached to an aromatic ring is 2. The van der Waals surface area contributed by atoms with E-state index in [1.54, 1.807) is 0 Å². The zero-order valence-corrected chi connectivity index (χ0v) is 12.1. The van der Waals surface area contributed by atoms with Crippen LogP contribution in [0.4, 0.5) is 11.4 Å². The summed E-state index contributed by atoms with van der Waals surface area (Å²) in [7, 11) is 0. The molecule has 22 heavy (non-hydrogen) atoms. The van der Waals surface area contributed by atoms with Crippen LogP contribution in [0, 0.1) is 0 Å². The van der Waals surface area contributed by atoms with Crippen molar-refractivity contribution in [1.29, 1.82) is 0 Å². The largest absolute Gasteiger partial charge is 0.398 e. The van der Waals surface area contributed by atoms with Crippen LogP contribution in [0.15, 0.2) is 72.8 Å². The van der Waals surface area contributed by atoms with Gasteiger partial charge >= 0.3 is 0 Å². The van der Waals surface area contributed by atoms with Gasteiger partial charge in [0, 0.05) is 22.5 Å². The van der Waals surface area contributed by atoms with Crippen LogP contribution in [0.25, 0.3) is 32.7 Å². The van der Waals surface area contributed by atoms with E-state index in [2.05, 4.69) is 36.4 Å². The molecule has 0 aliphatic carbocycles. The number of hydrogen-bond donors (Lipinski definition) is 2. The molecular weight excluding hydrogens is 268 g/mol. The maximum Gasteiger partial charge on any atom is 0.0401 e. The third kappa shape index (κ3) is 1.81. The summed E-state index contributed by atoms with van der Waals surface area (Å²) in [4.78, 5) is 0. The molecule has 0 saturated carbocycles. The summed E-state index contributed by atoms with van der Waals surface area (Å²) in [5, 5.41) is 4.59. The summed E-state index contributed by atoms with van der Waals surface area (Å²) in [6.07, 6.45) is 0. The Labute approximate surface area is 129 Å². The first-order chi connectivity index (χ1) is 10.8. The van der Waals surface area contributed by atoms with Gasteiger partial charge in [-0.05, 0) is 33.7 Å². The van der Waals surface area contributed by atoms with Crippen molar-refractivity contribution in [2.45, 2.75) is 0 Å². The second-order valence-electron chi connectivity index (χ2n) is 5.50. The van der Waals surface area contributed by atoms with Crippen LogP contribution in [-0.4, -0.2) is 0 Å². The molecule has 4 rings (SSSR count). The van der Waals surface area contributed by atoms with E-state index in [0.29, 0.717) is 0 Å². The van der Waals surface area contributed by atoms with Gasteiger partial charge in [-0.25, -0.2) is 0 Å². The predicted octanol–water partition coefficient (Wildman–Crippen LogP) is 4.82. The molecule has 0 amide bonds. The van der Waals surface area contributed by atoms with E-state index >= 15 is 0 Å². The van der Waals surface area contributed by atoms with Crippen LogP contribution < -0.4 is 11.5 Å². The lowest BCUT2D eigenvalue weighted by molar-refractivity contribution is 1.66. The topological polar surface area (TPSA) is 52.0 Å². The lowest BCUT2D eigenvalue weighted by Crippen LogP contribution is -1.96. The smallest absolute Gasteiger partial charge is 0.0401 e. The van der Waals surface area contributed by atoms with Crippen LogP contribution in [0.3, 0.4) is 0 Å². The molecule has 0 heterocycles.